The van der Waals surface area contributed by atoms with E-state index < -0.39 is 0 Å². The molecule has 1 unspecified atom stereocenters. The first-order valence-corrected chi connectivity index (χ1v) is 7.78. The first-order chi connectivity index (χ1) is 7.36. The van der Waals surface area contributed by atoms with Crippen molar-refractivity contribution in [3.8, 4) is 0 Å². The van der Waals surface area contributed by atoms with Crippen molar-refractivity contribution in [3.63, 3.8) is 0 Å². The van der Waals surface area contributed by atoms with Crippen molar-refractivity contribution >= 4 is 11.8 Å². The molecule has 0 heterocycles. The van der Waals surface area contributed by atoms with E-state index in [2.05, 4.69) is 11.8 Å². The highest BCUT2D eigenvalue weighted by Crippen LogP contribution is 2.32. The van der Waals surface area contributed by atoms with E-state index in [0.717, 1.165) is 11.2 Å². The number of nitrogens with two attached hydrogens (primary N) is 1. The first-order valence-electron chi connectivity index (χ1n) is 6.73. The summed E-state index contributed by atoms with van der Waals surface area (Å²) in [4.78, 5) is 0. The minimum Gasteiger partial charge on any atom is -0.327 e. The van der Waals surface area contributed by atoms with Crippen LogP contribution in [0.25, 0.3) is 0 Å². The van der Waals surface area contributed by atoms with Gasteiger partial charge < -0.3 is 5.73 Å². The SMILES string of the molecule is NC(CSC1CCCC1)C1CCCCC1. The molecular formula is C13H25NS. The van der Waals surface area contributed by atoms with Crippen LogP contribution in [-0.4, -0.2) is 17.0 Å². The van der Waals surface area contributed by atoms with Gasteiger partial charge in [-0.3, -0.25) is 0 Å². The minimum absolute atomic E-state index is 0.482. The highest BCUT2D eigenvalue weighted by atomic mass is 32.2. The Bertz CT molecular complexity index is 171. The van der Waals surface area contributed by atoms with Gasteiger partial charge in [-0.15, -0.1) is 0 Å². The molecule has 2 saturated carbocycles. The molecule has 2 heteroatoms. The molecule has 15 heavy (non-hydrogen) atoms. The van der Waals surface area contributed by atoms with Crippen LogP contribution >= 0.6 is 11.8 Å². The maximum Gasteiger partial charge on any atom is 0.0159 e. The molecule has 2 aliphatic rings. The van der Waals surface area contributed by atoms with Crippen LogP contribution in [0, 0.1) is 5.92 Å². The standard InChI is InChI=1S/C13H25NS/c14-13(11-6-2-1-3-7-11)10-15-12-8-4-5-9-12/h11-13H,1-10,14H2. The molecule has 0 bridgehead atoms. The maximum absolute atomic E-state index is 6.31. The summed E-state index contributed by atoms with van der Waals surface area (Å²) in [6.45, 7) is 0. The van der Waals surface area contributed by atoms with Gasteiger partial charge in [-0.1, -0.05) is 32.1 Å². The Morgan fingerprint density at radius 2 is 1.53 bits per heavy atom. The molecule has 0 aromatic heterocycles. The zero-order chi connectivity index (χ0) is 10.5. The van der Waals surface area contributed by atoms with E-state index >= 15 is 0 Å². The Morgan fingerprint density at radius 3 is 2.20 bits per heavy atom. The third kappa shape index (κ3) is 3.67. The second-order valence-electron chi connectivity index (χ2n) is 5.30. The number of thioether (sulfide) groups is 1. The lowest BCUT2D eigenvalue weighted by molar-refractivity contribution is 0.319. The monoisotopic (exact) mass is 227 g/mol. The van der Waals surface area contributed by atoms with Crippen molar-refractivity contribution in [3.05, 3.63) is 0 Å². The quantitative estimate of drug-likeness (QED) is 0.794. The Balaban J connectivity index is 1.64. The van der Waals surface area contributed by atoms with E-state index in [0.29, 0.717) is 6.04 Å². The average Bonchev–Trinajstić information content (AvgIpc) is 2.80. The molecule has 1 atom stereocenters. The van der Waals surface area contributed by atoms with Crippen molar-refractivity contribution in [2.45, 2.75) is 69.1 Å². The Kier molecular flexibility index (Phi) is 4.83. The molecule has 0 radical (unpaired) electrons. The van der Waals surface area contributed by atoms with Gasteiger partial charge in [0.05, 0.1) is 0 Å². The highest BCUT2D eigenvalue weighted by molar-refractivity contribution is 7.99. The third-order valence-electron chi connectivity index (χ3n) is 4.08. The van der Waals surface area contributed by atoms with Gasteiger partial charge in [-0.05, 0) is 31.6 Å². The predicted octanol–water partition coefficient (Wildman–Crippen LogP) is 3.57. The molecule has 0 spiro atoms. The number of hydrogen-bond acceptors (Lipinski definition) is 2. The summed E-state index contributed by atoms with van der Waals surface area (Å²) in [5.41, 5.74) is 6.31. The Hall–Kier alpha value is 0.310. The van der Waals surface area contributed by atoms with Crippen LogP contribution in [0.2, 0.25) is 0 Å². The minimum atomic E-state index is 0.482. The maximum atomic E-state index is 6.31. The first kappa shape index (κ1) is 11.8. The van der Waals surface area contributed by atoms with Gasteiger partial charge in [0.25, 0.3) is 0 Å². The molecule has 0 saturated heterocycles. The normalized spacial score (nSPS) is 27.0. The van der Waals surface area contributed by atoms with Crippen LogP contribution in [0.5, 0.6) is 0 Å². The number of rotatable bonds is 4. The molecule has 0 aromatic rings. The summed E-state index contributed by atoms with van der Waals surface area (Å²) in [6, 6.07) is 0.482. The summed E-state index contributed by atoms with van der Waals surface area (Å²) < 4.78 is 0. The van der Waals surface area contributed by atoms with Crippen molar-refractivity contribution in [2.24, 2.45) is 11.7 Å². The molecule has 2 rings (SSSR count). The fourth-order valence-corrected chi connectivity index (χ4v) is 4.43. The smallest absolute Gasteiger partial charge is 0.0159 e. The molecule has 2 fully saturated rings. The van der Waals surface area contributed by atoms with Gasteiger partial charge in [-0.25, -0.2) is 0 Å². The van der Waals surface area contributed by atoms with Crippen LogP contribution in [0.4, 0.5) is 0 Å². The van der Waals surface area contributed by atoms with E-state index in [4.69, 9.17) is 5.73 Å². The van der Waals surface area contributed by atoms with Crippen LogP contribution in [-0.2, 0) is 0 Å². The lowest BCUT2D eigenvalue weighted by Gasteiger charge is -2.27. The summed E-state index contributed by atoms with van der Waals surface area (Å²) in [5.74, 6) is 2.06. The molecule has 2 N–H and O–H groups in total. The van der Waals surface area contributed by atoms with Crippen LogP contribution in [0.3, 0.4) is 0 Å². The lowest BCUT2D eigenvalue weighted by atomic mass is 9.85. The molecule has 1 nitrogen and oxygen atoms in total. The second kappa shape index (κ2) is 6.15. The van der Waals surface area contributed by atoms with Crippen molar-refractivity contribution in [2.75, 3.05) is 5.75 Å². The topological polar surface area (TPSA) is 26.0 Å². The van der Waals surface area contributed by atoms with Gasteiger partial charge >= 0.3 is 0 Å². The second-order valence-corrected chi connectivity index (χ2v) is 6.64. The van der Waals surface area contributed by atoms with E-state index in [1.165, 1.54) is 63.5 Å². The third-order valence-corrected chi connectivity index (χ3v) is 5.60. The molecular weight excluding hydrogens is 202 g/mol. The largest absolute Gasteiger partial charge is 0.327 e. The van der Waals surface area contributed by atoms with E-state index in [1.54, 1.807) is 0 Å². The van der Waals surface area contributed by atoms with Crippen molar-refractivity contribution in [1.29, 1.82) is 0 Å². The summed E-state index contributed by atoms with van der Waals surface area (Å²) >= 11 is 2.16. The van der Waals surface area contributed by atoms with E-state index in [-0.39, 0.29) is 0 Å². The van der Waals surface area contributed by atoms with Gasteiger partial charge in [0.15, 0.2) is 0 Å². The van der Waals surface area contributed by atoms with E-state index in [9.17, 15) is 0 Å². The summed E-state index contributed by atoms with van der Waals surface area (Å²) in [7, 11) is 0. The fourth-order valence-electron chi connectivity index (χ4n) is 3.00. The molecule has 0 aliphatic heterocycles. The molecule has 0 aromatic carbocycles. The fraction of sp³-hybridized carbons (Fsp3) is 1.00. The van der Waals surface area contributed by atoms with Crippen LogP contribution in [0.15, 0.2) is 0 Å². The van der Waals surface area contributed by atoms with E-state index in [1.807, 2.05) is 0 Å². The number of hydrogen-bond donors (Lipinski definition) is 1. The predicted molar refractivity (Wildman–Crippen MR) is 69.3 cm³/mol. The molecule has 2 aliphatic carbocycles. The van der Waals surface area contributed by atoms with Gasteiger partial charge in [0, 0.05) is 17.0 Å². The van der Waals surface area contributed by atoms with Gasteiger partial charge in [0.2, 0.25) is 0 Å². The summed E-state index contributed by atoms with van der Waals surface area (Å²) in [5, 5.41) is 0.944. The molecule has 0 amide bonds. The lowest BCUT2D eigenvalue weighted by Crippen LogP contribution is -2.34. The summed E-state index contributed by atoms with van der Waals surface area (Å²) in [6.07, 6.45) is 12.9. The average molecular weight is 227 g/mol. The Morgan fingerprint density at radius 1 is 0.933 bits per heavy atom. The van der Waals surface area contributed by atoms with Crippen LogP contribution in [0.1, 0.15) is 57.8 Å². The van der Waals surface area contributed by atoms with Crippen molar-refractivity contribution < 1.29 is 0 Å². The zero-order valence-electron chi connectivity index (χ0n) is 9.79. The molecule has 88 valence electrons. The van der Waals surface area contributed by atoms with Gasteiger partial charge in [0.1, 0.15) is 0 Å². The van der Waals surface area contributed by atoms with Crippen LogP contribution < -0.4 is 5.73 Å². The Labute approximate surface area is 98.6 Å². The highest BCUT2D eigenvalue weighted by Gasteiger charge is 2.22. The zero-order valence-corrected chi connectivity index (χ0v) is 10.6. The van der Waals surface area contributed by atoms with Gasteiger partial charge in [-0.2, -0.15) is 11.8 Å². The van der Waals surface area contributed by atoms with Crippen molar-refractivity contribution in [1.82, 2.24) is 0 Å².